The Morgan fingerprint density at radius 3 is 2.73 bits per heavy atom. The summed E-state index contributed by atoms with van der Waals surface area (Å²) in [7, 11) is 0. The molecule has 1 heterocycles. The Morgan fingerprint density at radius 1 is 1.27 bits per heavy atom. The minimum atomic E-state index is -0.362. The number of nitrogens with zero attached hydrogens (tertiary/aromatic N) is 2. The smallest absolute Gasteiger partial charge is 0.306 e. The molecule has 26 heavy (non-hydrogen) atoms. The Labute approximate surface area is 152 Å². The number of amides is 1. The molecular weight excluding hydrogens is 330 g/mol. The molecule has 1 aliphatic carbocycles. The van der Waals surface area contributed by atoms with Gasteiger partial charge in [-0.05, 0) is 44.7 Å². The van der Waals surface area contributed by atoms with Crippen molar-refractivity contribution in [3.63, 3.8) is 0 Å². The van der Waals surface area contributed by atoms with Crippen LogP contribution in [0.15, 0.2) is 42.5 Å². The van der Waals surface area contributed by atoms with Crippen LogP contribution in [-0.4, -0.2) is 28.3 Å². The van der Waals surface area contributed by atoms with Gasteiger partial charge in [0, 0.05) is 0 Å². The lowest BCUT2D eigenvalue weighted by molar-refractivity contribution is -0.147. The van der Waals surface area contributed by atoms with E-state index in [4.69, 9.17) is 4.74 Å². The maximum Gasteiger partial charge on any atom is 0.306 e. The van der Waals surface area contributed by atoms with E-state index >= 15 is 0 Å². The first-order valence-electron chi connectivity index (χ1n) is 8.78. The van der Waals surface area contributed by atoms with Crippen LogP contribution in [0.25, 0.3) is 5.69 Å². The van der Waals surface area contributed by atoms with Crippen molar-refractivity contribution in [3.05, 3.63) is 53.9 Å². The summed E-state index contributed by atoms with van der Waals surface area (Å²) in [6.45, 7) is 3.44. The first kappa shape index (κ1) is 17.9. The zero-order valence-corrected chi connectivity index (χ0v) is 15.1. The number of hydrogen-bond donors (Lipinski definition) is 1. The molecule has 136 valence electrons. The van der Waals surface area contributed by atoms with Gasteiger partial charge < -0.3 is 10.1 Å². The molecule has 1 aromatic carbocycles. The van der Waals surface area contributed by atoms with Crippen LogP contribution in [0.4, 0.5) is 5.69 Å². The fraction of sp³-hybridized carbons (Fsp3) is 0.350. The van der Waals surface area contributed by atoms with Crippen molar-refractivity contribution in [1.29, 1.82) is 0 Å². The number of carbonyl (C=O) groups excluding carboxylic acids is 2. The second-order valence-corrected chi connectivity index (χ2v) is 6.47. The molecule has 1 atom stereocenters. The Morgan fingerprint density at radius 2 is 2.04 bits per heavy atom. The highest BCUT2D eigenvalue weighted by Gasteiger charge is 2.18. The average molecular weight is 353 g/mol. The van der Waals surface area contributed by atoms with Crippen LogP contribution in [-0.2, 0) is 14.3 Å². The molecule has 6 nitrogen and oxygen atoms in total. The normalized spacial score (nSPS) is 15.8. The summed E-state index contributed by atoms with van der Waals surface area (Å²) in [6.07, 6.45) is 6.40. The molecule has 6 heteroatoms. The second kappa shape index (κ2) is 7.99. The number of benzene rings is 1. The molecule has 2 aromatic rings. The van der Waals surface area contributed by atoms with Crippen LogP contribution in [0, 0.1) is 19.8 Å². The van der Waals surface area contributed by atoms with E-state index in [1.54, 1.807) is 4.68 Å². The highest BCUT2D eigenvalue weighted by molar-refractivity contribution is 5.93. The van der Waals surface area contributed by atoms with Crippen LogP contribution in [0.1, 0.15) is 30.7 Å². The van der Waals surface area contributed by atoms with Gasteiger partial charge in [0.05, 0.1) is 29.2 Å². The largest absolute Gasteiger partial charge is 0.456 e. The number of rotatable bonds is 6. The highest BCUT2D eigenvalue weighted by atomic mass is 16.5. The lowest BCUT2D eigenvalue weighted by atomic mass is 10.1. The van der Waals surface area contributed by atoms with Crippen molar-refractivity contribution < 1.29 is 14.3 Å². The Kier molecular flexibility index (Phi) is 5.51. The Hall–Kier alpha value is -2.89. The molecule has 0 bridgehead atoms. The maximum atomic E-state index is 12.2. The summed E-state index contributed by atoms with van der Waals surface area (Å²) in [5.74, 6) is -0.469. The molecule has 1 amide bonds. The molecular formula is C20H23N3O3. The number of ether oxygens (including phenoxy) is 1. The van der Waals surface area contributed by atoms with Crippen molar-refractivity contribution in [2.24, 2.45) is 5.92 Å². The predicted octanol–water partition coefficient (Wildman–Crippen LogP) is 3.33. The number of anilines is 1. The fourth-order valence-electron chi connectivity index (χ4n) is 3.10. The van der Waals surface area contributed by atoms with Crippen molar-refractivity contribution in [3.8, 4) is 5.69 Å². The maximum absolute atomic E-state index is 12.2. The number of esters is 1. The number of allylic oxidation sites excluding steroid dienone is 2. The van der Waals surface area contributed by atoms with Gasteiger partial charge in [0.1, 0.15) is 0 Å². The minimum absolute atomic E-state index is 0.235. The average Bonchev–Trinajstić information content (AvgIpc) is 3.24. The standard InChI is InChI=1S/C20H23N3O3/c1-14-20(15(2)23(22-14)17-10-4-3-5-11-17)21-18(24)13-26-19(25)12-16-8-6-7-9-16/h3-6,8,10-11,16H,7,9,12-13H2,1-2H3,(H,21,24)/t16-/m0/s1. The van der Waals surface area contributed by atoms with E-state index in [0.717, 1.165) is 24.2 Å². The minimum Gasteiger partial charge on any atom is -0.456 e. The van der Waals surface area contributed by atoms with Gasteiger partial charge in [-0.2, -0.15) is 5.10 Å². The van der Waals surface area contributed by atoms with Crippen LogP contribution in [0.2, 0.25) is 0 Å². The number of aryl methyl sites for hydroxylation is 1. The van der Waals surface area contributed by atoms with Gasteiger partial charge in [-0.1, -0.05) is 30.4 Å². The van der Waals surface area contributed by atoms with Gasteiger partial charge in [0.2, 0.25) is 0 Å². The molecule has 0 fully saturated rings. The summed E-state index contributed by atoms with van der Waals surface area (Å²) in [6, 6.07) is 9.70. The van der Waals surface area contributed by atoms with Gasteiger partial charge in [0.25, 0.3) is 5.91 Å². The fourth-order valence-corrected chi connectivity index (χ4v) is 3.10. The van der Waals surface area contributed by atoms with Crippen LogP contribution in [0.3, 0.4) is 0 Å². The van der Waals surface area contributed by atoms with Gasteiger partial charge in [-0.25, -0.2) is 4.68 Å². The van der Waals surface area contributed by atoms with Gasteiger partial charge in [-0.15, -0.1) is 0 Å². The first-order chi connectivity index (χ1) is 12.5. The number of hydrogen-bond acceptors (Lipinski definition) is 4. The molecule has 0 aliphatic heterocycles. The summed E-state index contributed by atoms with van der Waals surface area (Å²) in [4.78, 5) is 24.0. The molecule has 1 aromatic heterocycles. The summed E-state index contributed by atoms with van der Waals surface area (Å²) in [5, 5.41) is 7.29. The number of nitrogens with one attached hydrogen (secondary N) is 1. The van der Waals surface area contributed by atoms with E-state index in [9.17, 15) is 9.59 Å². The number of aromatic nitrogens is 2. The van der Waals surface area contributed by atoms with Gasteiger partial charge >= 0.3 is 5.97 Å². The van der Waals surface area contributed by atoms with E-state index in [1.165, 1.54) is 0 Å². The van der Waals surface area contributed by atoms with Crippen LogP contribution < -0.4 is 5.32 Å². The molecule has 1 N–H and O–H groups in total. The van der Waals surface area contributed by atoms with Gasteiger partial charge in [0.15, 0.2) is 6.61 Å². The number of para-hydroxylation sites is 1. The van der Waals surface area contributed by atoms with Gasteiger partial charge in [-0.3, -0.25) is 9.59 Å². The molecule has 0 spiro atoms. The molecule has 1 aliphatic rings. The SMILES string of the molecule is Cc1nn(-c2ccccc2)c(C)c1NC(=O)COC(=O)C[C@H]1C=CCC1. The van der Waals surface area contributed by atoms with Crippen LogP contribution >= 0.6 is 0 Å². The van der Waals surface area contributed by atoms with E-state index < -0.39 is 0 Å². The third-order valence-electron chi connectivity index (χ3n) is 4.46. The molecule has 0 saturated carbocycles. The van der Waals surface area contributed by atoms with E-state index in [1.807, 2.05) is 50.3 Å². The summed E-state index contributed by atoms with van der Waals surface area (Å²) >= 11 is 0. The zero-order chi connectivity index (χ0) is 18.5. The van der Waals surface area contributed by atoms with E-state index in [2.05, 4.69) is 16.5 Å². The summed E-state index contributed by atoms with van der Waals surface area (Å²) in [5.41, 5.74) is 3.10. The van der Waals surface area contributed by atoms with Crippen molar-refractivity contribution in [2.45, 2.75) is 33.1 Å². The van der Waals surface area contributed by atoms with Crippen molar-refractivity contribution in [2.75, 3.05) is 11.9 Å². The van der Waals surface area contributed by atoms with Crippen LogP contribution in [0.5, 0.6) is 0 Å². The third-order valence-corrected chi connectivity index (χ3v) is 4.46. The lowest BCUT2D eigenvalue weighted by Gasteiger charge is -2.09. The lowest BCUT2D eigenvalue weighted by Crippen LogP contribution is -2.22. The van der Waals surface area contributed by atoms with E-state index in [-0.39, 0.29) is 24.4 Å². The zero-order valence-electron chi connectivity index (χ0n) is 15.1. The van der Waals surface area contributed by atoms with Crippen molar-refractivity contribution >= 4 is 17.6 Å². The topological polar surface area (TPSA) is 73.2 Å². The highest BCUT2D eigenvalue weighted by Crippen LogP contribution is 2.23. The Balaban J connectivity index is 1.58. The molecule has 3 rings (SSSR count). The van der Waals surface area contributed by atoms with E-state index in [0.29, 0.717) is 17.8 Å². The summed E-state index contributed by atoms with van der Waals surface area (Å²) < 4.78 is 6.88. The third kappa shape index (κ3) is 4.20. The predicted molar refractivity (Wildman–Crippen MR) is 99.1 cm³/mol. The number of carbonyl (C=O) groups is 2. The Bertz CT molecular complexity index is 824. The quantitative estimate of drug-likeness (QED) is 0.639. The van der Waals surface area contributed by atoms with Crippen molar-refractivity contribution in [1.82, 2.24) is 9.78 Å². The molecule has 0 unspecified atom stereocenters. The molecule has 0 radical (unpaired) electrons. The second-order valence-electron chi connectivity index (χ2n) is 6.47. The monoisotopic (exact) mass is 353 g/mol. The first-order valence-corrected chi connectivity index (χ1v) is 8.78. The molecule has 0 saturated heterocycles.